The number of hydrogen-bond acceptors (Lipinski definition) is 2. The Bertz CT molecular complexity index is 521. The number of aromatic nitrogens is 2. The Labute approximate surface area is 97.3 Å². The van der Waals surface area contributed by atoms with E-state index in [0.717, 1.165) is 0 Å². The maximum Gasteiger partial charge on any atom is 0.324 e. The quantitative estimate of drug-likeness (QED) is 0.836. The Morgan fingerprint density at radius 2 is 1.94 bits per heavy atom. The molecule has 0 atom stereocenters. The van der Waals surface area contributed by atoms with Crippen LogP contribution in [0.25, 0.3) is 0 Å². The highest BCUT2D eigenvalue weighted by Gasteiger charge is 2.04. The molecular formula is C11H11FN4O. The zero-order chi connectivity index (χ0) is 12.3. The number of benzene rings is 1. The summed E-state index contributed by atoms with van der Waals surface area (Å²) >= 11 is 0. The third-order valence-electron chi connectivity index (χ3n) is 2.16. The Kier molecular flexibility index (Phi) is 3.04. The van der Waals surface area contributed by atoms with Gasteiger partial charge in [-0.05, 0) is 24.3 Å². The molecule has 0 bridgehead atoms. The van der Waals surface area contributed by atoms with Crippen molar-refractivity contribution in [3.63, 3.8) is 0 Å². The molecule has 88 valence electrons. The Morgan fingerprint density at radius 3 is 2.53 bits per heavy atom. The van der Waals surface area contributed by atoms with E-state index >= 15 is 0 Å². The fourth-order valence-electron chi connectivity index (χ4n) is 1.31. The Balaban J connectivity index is 1.98. The zero-order valence-corrected chi connectivity index (χ0v) is 9.14. The third-order valence-corrected chi connectivity index (χ3v) is 2.16. The van der Waals surface area contributed by atoms with E-state index in [1.807, 2.05) is 0 Å². The molecule has 1 aromatic heterocycles. The van der Waals surface area contributed by atoms with Crippen LogP contribution in [0.15, 0.2) is 36.5 Å². The number of aryl methyl sites for hydroxylation is 1. The molecule has 6 heteroatoms. The van der Waals surface area contributed by atoms with E-state index in [0.29, 0.717) is 11.5 Å². The molecule has 17 heavy (non-hydrogen) atoms. The average molecular weight is 234 g/mol. The summed E-state index contributed by atoms with van der Waals surface area (Å²) in [5, 5.41) is 9.10. The predicted octanol–water partition coefficient (Wildman–Crippen LogP) is 2.20. The average Bonchev–Trinajstić information content (AvgIpc) is 2.68. The lowest BCUT2D eigenvalue weighted by molar-refractivity contribution is 0.262. The van der Waals surface area contributed by atoms with E-state index in [2.05, 4.69) is 15.7 Å². The van der Waals surface area contributed by atoms with Crippen LogP contribution in [0.1, 0.15) is 0 Å². The first-order valence-corrected chi connectivity index (χ1v) is 4.97. The summed E-state index contributed by atoms with van der Waals surface area (Å²) in [6.45, 7) is 0. The first-order chi connectivity index (χ1) is 8.15. The van der Waals surface area contributed by atoms with Crippen molar-refractivity contribution in [1.29, 1.82) is 0 Å². The summed E-state index contributed by atoms with van der Waals surface area (Å²) in [5.41, 5.74) is 0.520. The number of rotatable bonds is 2. The van der Waals surface area contributed by atoms with Gasteiger partial charge in [-0.3, -0.25) is 10.00 Å². The number of nitrogens with zero attached hydrogens (tertiary/aromatic N) is 2. The van der Waals surface area contributed by atoms with Gasteiger partial charge in [0.1, 0.15) is 11.6 Å². The number of anilines is 2. The SMILES string of the molecule is Cn1nccc1NC(=O)Nc1ccc(F)cc1. The number of nitrogens with one attached hydrogen (secondary N) is 2. The predicted molar refractivity (Wildman–Crippen MR) is 62.2 cm³/mol. The normalized spacial score (nSPS) is 10.0. The van der Waals surface area contributed by atoms with Gasteiger partial charge in [-0.25, -0.2) is 9.18 Å². The van der Waals surface area contributed by atoms with Gasteiger partial charge in [0.05, 0.1) is 6.20 Å². The smallest absolute Gasteiger partial charge is 0.308 e. The van der Waals surface area contributed by atoms with Gasteiger partial charge in [0.2, 0.25) is 0 Å². The van der Waals surface area contributed by atoms with Gasteiger partial charge in [0.25, 0.3) is 0 Å². The molecule has 5 nitrogen and oxygen atoms in total. The van der Waals surface area contributed by atoms with Crippen molar-refractivity contribution < 1.29 is 9.18 Å². The number of carbonyl (C=O) groups is 1. The molecule has 0 aliphatic carbocycles. The molecule has 0 unspecified atom stereocenters. The fraction of sp³-hybridized carbons (Fsp3) is 0.0909. The minimum absolute atomic E-state index is 0.345. The second-order valence-corrected chi connectivity index (χ2v) is 3.43. The van der Waals surface area contributed by atoms with Gasteiger partial charge in [-0.15, -0.1) is 0 Å². The number of halogens is 1. The molecule has 0 aliphatic rings. The van der Waals surface area contributed by atoms with Crippen molar-refractivity contribution in [3.05, 3.63) is 42.3 Å². The molecule has 0 saturated carbocycles. The van der Waals surface area contributed by atoms with Crippen LogP contribution >= 0.6 is 0 Å². The van der Waals surface area contributed by atoms with Crippen molar-refractivity contribution in [2.45, 2.75) is 0 Å². The molecule has 2 N–H and O–H groups in total. The third kappa shape index (κ3) is 2.81. The summed E-state index contributed by atoms with van der Waals surface area (Å²) in [4.78, 5) is 11.6. The van der Waals surface area contributed by atoms with Crippen LogP contribution in [0.2, 0.25) is 0 Å². The van der Waals surface area contributed by atoms with Crippen LogP contribution in [0, 0.1) is 5.82 Å². The van der Waals surface area contributed by atoms with E-state index in [4.69, 9.17) is 0 Å². The van der Waals surface area contributed by atoms with Crippen LogP contribution in [0.4, 0.5) is 20.7 Å². The lowest BCUT2D eigenvalue weighted by atomic mass is 10.3. The maximum absolute atomic E-state index is 12.6. The highest BCUT2D eigenvalue weighted by Crippen LogP contribution is 2.09. The molecule has 2 amide bonds. The molecule has 0 spiro atoms. The standard InChI is InChI=1S/C11H11FN4O/c1-16-10(6-7-13-16)15-11(17)14-9-4-2-8(12)3-5-9/h2-7H,1H3,(H2,14,15,17). The van der Waals surface area contributed by atoms with E-state index in [9.17, 15) is 9.18 Å². The van der Waals surface area contributed by atoms with E-state index < -0.39 is 6.03 Å². The Hall–Kier alpha value is -2.37. The number of amides is 2. The second-order valence-electron chi connectivity index (χ2n) is 3.43. The second kappa shape index (κ2) is 4.65. The first kappa shape index (κ1) is 11.1. The lowest BCUT2D eigenvalue weighted by Crippen LogP contribution is -2.20. The molecular weight excluding hydrogens is 223 g/mol. The number of urea groups is 1. The Morgan fingerprint density at radius 1 is 1.24 bits per heavy atom. The minimum atomic E-state index is -0.403. The van der Waals surface area contributed by atoms with Crippen LogP contribution in [0.3, 0.4) is 0 Å². The molecule has 0 aliphatic heterocycles. The van der Waals surface area contributed by atoms with E-state index in [1.165, 1.54) is 28.9 Å². The molecule has 2 aromatic rings. The molecule has 0 fully saturated rings. The van der Waals surface area contributed by atoms with Gasteiger partial charge in [0.15, 0.2) is 0 Å². The summed E-state index contributed by atoms with van der Waals surface area (Å²) in [5.74, 6) is 0.229. The zero-order valence-electron chi connectivity index (χ0n) is 9.14. The van der Waals surface area contributed by atoms with Crippen molar-refractivity contribution in [1.82, 2.24) is 9.78 Å². The van der Waals surface area contributed by atoms with E-state index in [1.54, 1.807) is 19.3 Å². The van der Waals surface area contributed by atoms with Gasteiger partial charge < -0.3 is 5.32 Å². The minimum Gasteiger partial charge on any atom is -0.308 e. The molecule has 2 rings (SSSR count). The van der Waals surface area contributed by atoms with Gasteiger partial charge in [-0.1, -0.05) is 0 Å². The summed E-state index contributed by atoms with van der Waals surface area (Å²) < 4.78 is 14.2. The molecule has 0 radical (unpaired) electrons. The summed E-state index contributed by atoms with van der Waals surface area (Å²) in [6, 6.07) is 6.79. The monoisotopic (exact) mass is 234 g/mol. The van der Waals surface area contributed by atoms with Crippen molar-refractivity contribution >= 4 is 17.5 Å². The molecule has 0 saturated heterocycles. The largest absolute Gasteiger partial charge is 0.324 e. The van der Waals surface area contributed by atoms with E-state index in [-0.39, 0.29) is 5.82 Å². The first-order valence-electron chi connectivity index (χ1n) is 4.97. The fourth-order valence-corrected chi connectivity index (χ4v) is 1.31. The van der Waals surface area contributed by atoms with Gasteiger partial charge in [-0.2, -0.15) is 5.10 Å². The van der Waals surface area contributed by atoms with Crippen LogP contribution in [-0.2, 0) is 7.05 Å². The van der Waals surface area contributed by atoms with Gasteiger partial charge >= 0.3 is 6.03 Å². The van der Waals surface area contributed by atoms with Crippen molar-refractivity contribution in [2.24, 2.45) is 7.05 Å². The highest BCUT2D eigenvalue weighted by atomic mass is 19.1. The summed E-state index contributed by atoms with van der Waals surface area (Å²) in [7, 11) is 1.72. The van der Waals surface area contributed by atoms with Crippen LogP contribution < -0.4 is 10.6 Å². The number of carbonyl (C=O) groups excluding carboxylic acids is 1. The topological polar surface area (TPSA) is 59.0 Å². The molecule has 1 aromatic carbocycles. The van der Waals surface area contributed by atoms with Crippen molar-refractivity contribution in [3.8, 4) is 0 Å². The maximum atomic E-state index is 12.6. The highest BCUT2D eigenvalue weighted by molar-refractivity contribution is 5.99. The lowest BCUT2D eigenvalue weighted by Gasteiger charge is -2.07. The van der Waals surface area contributed by atoms with Gasteiger partial charge in [0, 0.05) is 18.8 Å². The van der Waals surface area contributed by atoms with Crippen LogP contribution in [-0.4, -0.2) is 15.8 Å². The van der Waals surface area contributed by atoms with Crippen molar-refractivity contribution in [2.75, 3.05) is 10.6 Å². The van der Waals surface area contributed by atoms with Crippen LogP contribution in [0.5, 0.6) is 0 Å². The molecule has 1 heterocycles. The summed E-state index contributed by atoms with van der Waals surface area (Å²) in [6.07, 6.45) is 1.58. The number of hydrogen-bond donors (Lipinski definition) is 2.